The smallest absolute Gasteiger partial charge is 0.268 e. The number of aryl methyl sites for hydroxylation is 1. The Bertz CT molecular complexity index is 317. The lowest BCUT2D eigenvalue weighted by Crippen LogP contribution is -2.00. The molecule has 1 rings (SSSR count). The molecule has 1 aromatic heterocycles. The van der Waals surface area contributed by atoms with Crippen molar-refractivity contribution in [3.05, 3.63) is 21.0 Å². The van der Waals surface area contributed by atoms with Crippen LogP contribution in [0.4, 0.5) is 8.78 Å². The van der Waals surface area contributed by atoms with Crippen molar-refractivity contribution in [1.29, 1.82) is 0 Å². The lowest BCUT2D eigenvalue weighted by molar-refractivity contribution is 0.145. The molecule has 0 N–H and O–H groups in total. The van der Waals surface area contributed by atoms with Gasteiger partial charge in [0.05, 0.1) is 18.4 Å². The van der Waals surface area contributed by atoms with E-state index in [9.17, 15) is 8.78 Å². The zero-order valence-corrected chi connectivity index (χ0v) is 9.30. The number of halogens is 3. The summed E-state index contributed by atoms with van der Waals surface area (Å²) in [6, 6.07) is 0. The molecule has 0 aromatic carbocycles. The zero-order valence-electron chi connectivity index (χ0n) is 7.14. The Morgan fingerprint density at radius 1 is 1.54 bits per heavy atom. The van der Waals surface area contributed by atoms with E-state index in [0.717, 1.165) is 0 Å². The highest BCUT2D eigenvalue weighted by Crippen LogP contribution is 2.34. The fourth-order valence-electron chi connectivity index (χ4n) is 1.05. The van der Waals surface area contributed by atoms with Gasteiger partial charge in [-0.1, -0.05) is 0 Å². The first-order valence-electron chi connectivity index (χ1n) is 3.55. The summed E-state index contributed by atoms with van der Waals surface area (Å²) in [6.07, 6.45) is -1.11. The van der Waals surface area contributed by atoms with Crippen LogP contribution in [0.1, 0.15) is 17.7 Å². The van der Waals surface area contributed by atoms with Crippen molar-refractivity contribution in [2.75, 3.05) is 7.11 Å². The van der Waals surface area contributed by atoms with Gasteiger partial charge in [0.1, 0.15) is 5.75 Å². The van der Waals surface area contributed by atoms with Gasteiger partial charge in [-0.05, 0) is 29.5 Å². The zero-order chi connectivity index (χ0) is 10.0. The molecule has 13 heavy (non-hydrogen) atoms. The minimum atomic E-state index is -2.52. The van der Waals surface area contributed by atoms with Crippen molar-refractivity contribution in [2.45, 2.75) is 13.3 Å². The number of hydrogen-bond acceptors (Lipinski definition) is 2. The van der Waals surface area contributed by atoms with Gasteiger partial charge in [0.25, 0.3) is 6.43 Å². The number of hydrogen-bond donors (Lipinski definition) is 0. The van der Waals surface area contributed by atoms with Gasteiger partial charge in [-0.25, -0.2) is 8.78 Å². The van der Waals surface area contributed by atoms with E-state index in [0.29, 0.717) is 9.26 Å². The Balaban J connectivity index is 3.35. The Morgan fingerprint density at radius 2 is 2.15 bits per heavy atom. The van der Waals surface area contributed by atoms with E-state index in [1.165, 1.54) is 13.3 Å². The van der Waals surface area contributed by atoms with E-state index < -0.39 is 6.43 Å². The number of alkyl halides is 2. The van der Waals surface area contributed by atoms with E-state index in [1.807, 2.05) is 22.6 Å². The van der Waals surface area contributed by atoms with Gasteiger partial charge in [0.2, 0.25) is 0 Å². The lowest BCUT2D eigenvalue weighted by atomic mass is 10.2. The third-order valence-corrected chi connectivity index (χ3v) is 2.48. The molecule has 0 radical (unpaired) electrons. The molecule has 1 heterocycles. The van der Waals surface area contributed by atoms with Crippen LogP contribution in [0.25, 0.3) is 0 Å². The SMILES string of the molecule is COc1c(C)ncc(I)c1C(F)F. The van der Waals surface area contributed by atoms with Crippen molar-refractivity contribution in [2.24, 2.45) is 0 Å². The molecule has 0 spiro atoms. The molecule has 0 saturated heterocycles. The number of pyridine rings is 1. The molecule has 0 saturated carbocycles. The van der Waals surface area contributed by atoms with Crippen LogP contribution in [-0.4, -0.2) is 12.1 Å². The van der Waals surface area contributed by atoms with Gasteiger partial charge in [-0.15, -0.1) is 0 Å². The normalized spacial score (nSPS) is 10.6. The molecule has 1 aromatic rings. The highest BCUT2D eigenvalue weighted by molar-refractivity contribution is 14.1. The maximum Gasteiger partial charge on any atom is 0.268 e. The number of rotatable bonds is 2. The van der Waals surface area contributed by atoms with Gasteiger partial charge in [0, 0.05) is 9.77 Å². The molecular formula is C8H8F2INO. The van der Waals surface area contributed by atoms with Crippen molar-refractivity contribution in [3.63, 3.8) is 0 Å². The number of ether oxygens (including phenoxy) is 1. The molecule has 0 bridgehead atoms. The summed E-state index contributed by atoms with van der Waals surface area (Å²) in [5.41, 5.74) is 0.411. The summed E-state index contributed by atoms with van der Waals surface area (Å²) >= 11 is 1.82. The Hall–Kier alpha value is -0.460. The van der Waals surface area contributed by atoms with Crippen molar-refractivity contribution in [1.82, 2.24) is 4.98 Å². The second kappa shape index (κ2) is 4.17. The second-order valence-corrected chi connectivity index (χ2v) is 3.60. The van der Waals surface area contributed by atoms with Gasteiger partial charge in [0.15, 0.2) is 0 Å². The predicted octanol–water partition coefficient (Wildman–Crippen LogP) is 2.94. The quantitative estimate of drug-likeness (QED) is 0.783. The predicted molar refractivity (Wildman–Crippen MR) is 53.2 cm³/mol. The van der Waals surface area contributed by atoms with Crippen molar-refractivity contribution in [3.8, 4) is 5.75 Å². The minimum absolute atomic E-state index is 0.0735. The third kappa shape index (κ3) is 2.07. The summed E-state index contributed by atoms with van der Waals surface area (Å²) < 4.78 is 30.4. The Kier molecular flexibility index (Phi) is 3.40. The Morgan fingerprint density at radius 3 is 2.54 bits per heavy atom. The molecule has 0 unspecified atom stereocenters. The average molecular weight is 299 g/mol. The number of aromatic nitrogens is 1. The van der Waals surface area contributed by atoms with Crippen LogP contribution in [0, 0.1) is 10.5 Å². The first-order chi connectivity index (χ1) is 6.07. The molecule has 0 aliphatic carbocycles. The summed E-state index contributed by atoms with van der Waals surface area (Å²) in [5, 5.41) is 0. The van der Waals surface area contributed by atoms with Gasteiger partial charge < -0.3 is 4.74 Å². The molecule has 0 aliphatic rings. The first-order valence-corrected chi connectivity index (χ1v) is 4.63. The molecule has 0 atom stereocenters. The lowest BCUT2D eigenvalue weighted by Gasteiger charge is -2.11. The summed E-state index contributed by atoms with van der Waals surface area (Å²) in [7, 11) is 1.37. The summed E-state index contributed by atoms with van der Waals surface area (Å²) in [4.78, 5) is 3.93. The molecule has 5 heteroatoms. The summed E-state index contributed by atoms with van der Waals surface area (Å²) in [6.45, 7) is 1.64. The fourth-order valence-corrected chi connectivity index (χ4v) is 1.67. The molecule has 0 amide bonds. The highest BCUT2D eigenvalue weighted by Gasteiger charge is 2.19. The molecule has 0 fully saturated rings. The molecule has 2 nitrogen and oxygen atoms in total. The molecule has 72 valence electrons. The minimum Gasteiger partial charge on any atom is -0.494 e. The van der Waals surface area contributed by atoms with Crippen LogP contribution in [0.2, 0.25) is 0 Å². The number of methoxy groups -OCH3 is 1. The van der Waals surface area contributed by atoms with Gasteiger partial charge in [-0.3, -0.25) is 4.98 Å². The topological polar surface area (TPSA) is 22.1 Å². The van der Waals surface area contributed by atoms with Crippen LogP contribution >= 0.6 is 22.6 Å². The standard InChI is InChI=1S/C8H8F2INO/c1-4-7(13-2)6(8(9)10)5(11)3-12-4/h3,8H,1-2H3. The second-order valence-electron chi connectivity index (χ2n) is 2.44. The molecular weight excluding hydrogens is 291 g/mol. The average Bonchev–Trinajstić information content (AvgIpc) is 2.07. The maximum atomic E-state index is 12.5. The summed E-state index contributed by atoms with van der Waals surface area (Å²) in [5.74, 6) is 0.182. The Labute approximate surface area is 88.5 Å². The monoisotopic (exact) mass is 299 g/mol. The maximum absolute atomic E-state index is 12.5. The number of nitrogens with zero attached hydrogens (tertiary/aromatic N) is 1. The van der Waals surface area contributed by atoms with Crippen LogP contribution in [0.15, 0.2) is 6.20 Å². The van der Waals surface area contributed by atoms with E-state index in [4.69, 9.17) is 4.74 Å². The van der Waals surface area contributed by atoms with Crippen molar-refractivity contribution < 1.29 is 13.5 Å². The molecule has 0 aliphatic heterocycles. The van der Waals surface area contributed by atoms with Crippen LogP contribution in [0.3, 0.4) is 0 Å². The van der Waals surface area contributed by atoms with E-state index in [1.54, 1.807) is 6.92 Å². The van der Waals surface area contributed by atoms with Crippen LogP contribution < -0.4 is 4.74 Å². The van der Waals surface area contributed by atoms with Crippen LogP contribution in [0.5, 0.6) is 5.75 Å². The van der Waals surface area contributed by atoms with Crippen molar-refractivity contribution >= 4 is 22.6 Å². The largest absolute Gasteiger partial charge is 0.494 e. The third-order valence-electron chi connectivity index (χ3n) is 1.62. The van der Waals surface area contributed by atoms with E-state index >= 15 is 0 Å². The first kappa shape index (κ1) is 10.6. The fraction of sp³-hybridized carbons (Fsp3) is 0.375. The van der Waals surface area contributed by atoms with E-state index in [-0.39, 0.29) is 11.3 Å². The van der Waals surface area contributed by atoms with Crippen LogP contribution in [-0.2, 0) is 0 Å². The van der Waals surface area contributed by atoms with Gasteiger partial charge in [-0.2, -0.15) is 0 Å². The highest BCUT2D eigenvalue weighted by atomic mass is 127. The van der Waals surface area contributed by atoms with E-state index in [2.05, 4.69) is 4.98 Å². The van der Waals surface area contributed by atoms with Gasteiger partial charge >= 0.3 is 0 Å².